The second kappa shape index (κ2) is 10.4. The molecule has 2 aliphatic heterocycles. The van der Waals surface area contributed by atoms with Crippen LogP contribution in [0.1, 0.15) is 22.3 Å². The molecule has 0 N–H and O–H groups in total. The van der Waals surface area contributed by atoms with Crippen molar-refractivity contribution >= 4 is 28.3 Å². The lowest BCUT2D eigenvalue weighted by Crippen LogP contribution is -2.49. The van der Waals surface area contributed by atoms with Crippen LogP contribution in [-0.2, 0) is 10.5 Å². The summed E-state index contributed by atoms with van der Waals surface area (Å²) >= 11 is 1.58. The molecule has 3 aromatic carbocycles. The molecule has 186 valence electrons. The zero-order valence-corrected chi connectivity index (χ0v) is 21.9. The molecule has 0 spiro atoms. The van der Waals surface area contributed by atoms with Gasteiger partial charge in [0.15, 0.2) is 5.17 Å². The standard InChI is InChI=1S/C29H32N4O2S/c1-22-9-13-24(14-10-22)27-21-32(26-15-11-23(2)12-16-26)29(33(27)34,25-7-5-4-6-8-25)30-28(36-3)31-17-19-35-20-18-31/h4-16H,17-21H2,1-3H3/b30-28-. The predicted molar refractivity (Wildman–Crippen MR) is 149 cm³/mol. The minimum atomic E-state index is -1.28. The number of anilines is 1. The minimum absolute atomic E-state index is 0.443. The van der Waals surface area contributed by atoms with Gasteiger partial charge in [-0.25, -0.2) is 0 Å². The van der Waals surface area contributed by atoms with Gasteiger partial charge in [0.2, 0.25) is 5.71 Å². The second-order valence-corrected chi connectivity index (χ2v) is 10.0. The number of nitrogens with zero attached hydrogens (tertiary/aromatic N) is 4. The summed E-state index contributed by atoms with van der Waals surface area (Å²) in [5.41, 5.74) is 5.74. The van der Waals surface area contributed by atoms with Crippen LogP contribution in [0.4, 0.5) is 5.69 Å². The van der Waals surface area contributed by atoms with E-state index < -0.39 is 5.79 Å². The molecule has 36 heavy (non-hydrogen) atoms. The molecule has 0 bridgehead atoms. The van der Waals surface area contributed by atoms with Crippen molar-refractivity contribution in [1.82, 2.24) is 4.90 Å². The van der Waals surface area contributed by atoms with E-state index in [9.17, 15) is 5.21 Å². The van der Waals surface area contributed by atoms with Crippen LogP contribution in [0.15, 0.2) is 83.9 Å². The molecule has 1 fully saturated rings. The molecule has 0 aromatic heterocycles. The van der Waals surface area contributed by atoms with Gasteiger partial charge in [-0.1, -0.05) is 65.4 Å². The Morgan fingerprint density at radius 1 is 0.917 bits per heavy atom. The van der Waals surface area contributed by atoms with E-state index in [-0.39, 0.29) is 0 Å². The number of aliphatic imine (C=N–C) groups is 1. The molecule has 0 aliphatic carbocycles. The van der Waals surface area contributed by atoms with Crippen molar-refractivity contribution < 1.29 is 9.48 Å². The average Bonchev–Trinajstić information content (AvgIpc) is 3.22. The van der Waals surface area contributed by atoms with Crippen molar-refractivity contribution in [1.29, 1.82) is 0 Å². The van der Waals surface area contributed by atoms with Gasteiger partial charge in [0, 0.05) is 24.3 Å². The Morgan fingerprint density at radius 3 is 2.14 bits per heavy atom. The first-order chi connectivity index (χ1) is 17.5. The highest BCUT2D eigenvalue weighted by molar-refractivity contribution is 8.13. The molecule has 7 heteroatoms. The average molecular weight is 501 g/mol. The van der Waals surface area contributed by atoms with Crippen LogP contribution < -0.4 is 4.90 Å². The minimum Gasteiger partial charge on any atom is -0.620 e. The number of ether oxygens (including phenoxy) is 1. The number of rotatable bonds is 4. The fraction of sp³-hybridized carbons (Fsp3) is 0.310. The van der Waals surface area contributed by atoms with Crippen molar-refractivity contribution in [3.05, 3.63) is 106 Å². The molecule has 2 aliphatic rings. The number of thioether (sulfide) groups is 1. The molecule has 1 saturated heterocycles. The first kappa shape index (κ1) is 24.4. The number of hydroxylamine groups is 1. The van der Waals surface area contributed by atoms with Crippen LogP contribution in [0.25, 0.3) is 0 Å². The summed E-state index contributed by atoms with van der Waals surface area (Å²) in [6.45, 7) is 7.39. The van der Waals surface area contributed by atoms with E-state index >= 15 is 0 Å². The van der Waals surface area contributed by atoms with E-state index in [4.69, 9.17) is 9.73 Å². The molecular formula is C29H32N4O2S. The highest BCUT2D eigenvalue weighted by Gasteiger charge is 2.55. The van der Waals surface area contributed by atoms with Crippen LogP contribution in [0.5, 0.6) is 0 Å². The lowest BCUT2D eigenvalue weighted by Gasteiger charge is -2.36. The smallest absolute Gasteiger partial charge is 0.379 e. The number of aryl methyl sites for hydroxylation is 2. The van der Waals surface area contributed by atoms with Gasteiger partial charge < -0.3 is 14.8 Å². The number of morpholine rings is 1. The third kappa shape index (κ3) is 4.49. The van der Waals surface area contributed by atoms with Crippen molar-refractivity contribution in [2.75, 3.05) is 44.0 Å². The molecule has 1 unspecified atom stereocenters. The van der Waals surface area contributed by atoms with Crippen molar-refractivity contribution in [3.8, 4) is 0 Å². The molecule has 2 heterocycles. The van der Waals surface area contributed by atoms with Crippen LogP contribution >= 0.6 is 11.8 Å². The Kier molecular flexibility index (Phi) is 7.03. The lowest BCUT2D eigenvalue weighted by molar-refractivity contribution is -0.547. The second-order valence-electron chi connectivity index (χ2n) is 9.23. The monoisotopic (exact) mass is 500 g/mol. The number of benzene rings is 3. The zero-order valence-electron chi connectivity index (χ0n) is 21.1. The summed E-state index contributed by atoms with van der Waals surface area (Å²) < 4.78 is 6.72. The summed E-state index contributed by atoms with van der Waals surface area (Å²) in [5, 5.41) is 15.4. The maximum Gasteiger partial charge on any atom is 0.379 e. The van der Waals surface area contributed by atoms with Gasteiger partial charge in [0.1, 0.15) is 6.54 Å². The molecular weight excluding hydrogens is 468 g/mol. The van der Waals surface area contributed by atoms with Gasteiger partial charge in [0.05, 0.1) is 18.8 Å². The third-order valence-corrected chi connectivity index (χ3v) is 7.53. The van der Waals surface area contributed by atoms with Gasteiger partial charge in [-0.05, 0) is 56.5 Å². The van der Waals surface area contributed by atoms with E-state index in [0.29, 0.717) is 25.5 Å². The van der Waals surface area contributed by atoms with E-state index in [0.717, 1.165) is 45.4 Å². The Labute approximate surface area is 217 Å². The Morgan fingerprint density at radius 2 is 1.53 bits per heavy atom. The van der Waals surface area contributed by atoms with Crippen LogP contribution in [-0.4, -0.2) is 59.6 Å². The molecule has 6 nitrogen and oxygen atoms in total. The van der Waals surface area contributed by atoms with Gasteiger partial charge >= 0.3 is 5.79 Å². The topological polar surface area (TPSA) is 54.1 Å². The van der Waals surface area contributed by atoms with Crippen molar-refractivity contribution in [3.63, 3.8) is 0 Å². The predicted octanol–water partition coefficient (Wildman–Crippen LogP) is 4.98. The van der Waals surface area contributed by atoms with Gasteiger partial charge in [-0.2, -0.15) is 9.73 Å². The van der Waals surface area contributed by atoms with Gasteiger partial charge in [0.25, 0.3) is 0 Å². The van der Waals surface area contributed by atoms with E-state index in [1.54, 1.807) is 11.8 Å². The van der Waals surface area contributed by atoms with Crippen LogP contribution in [0.3, 0.4) is 0 Å². The number of amidine groups is 1. The Bertz CT molecular complexity index is 1250. The Hall–Kier alpha value is -3.29. The Balaban J connectivity index is 1.76. The fourth-order valence-corrected chi connectivity index (χ4v) is 5.47. The maximum atomic E-state index is 14.6. The molecule has 0 amide bonds. The van der Waals surface area contributed by atoms with Crippen LogP contribution in [0, 0.1) is 19.1 Å². The highest BCUT2D eigenvalue weighted by Crippen LogP contribution is 2.41. The molecule has 5 rings (SSSR count). The summed E-state index contributed by atoms with van der Waals surface area (Å²) in [4.78, 5) is 9.71. The van der Waals surface area contributed by atoms with E-state index in [2.05, 4.69) is 60.0 Å². The van der Waals surface area contributed by atoms with Crippen molar-refractivity contribution in [2.45, 2.75) is 19.6 Å². The number of hydrogen-bond acceptors (Lipinski definition) is 5. The first-order valence-corrected chi connectivity index (χ1v) is 13.5. The van der Waals surface area contributed by atoms with Crippen molar-refractivity contribution in [2.24, 2.45) is 4.99 Å². The van der Waals surface area contributed by atoms with Crippen LogP contribution in [0.2, 0.25) is 0 Å². The fourth-order valence-electron chi connectivity index (χ4n) is 4.81. The quantitative estimate of drug-likeness (QED) is 0.219. The third-order valence-electron chi connectivity index (χ3n) is 6.82. The number of hydrogen-bond donors (Lipinski definition) is 0. The van der Waals surface area contributed by atoms with E-state index in [1.165, 1.54) is 5.56 Å². The summed E-state index contributed by atoms with van der Waals surface area (Å²) in [6.07, 6.45) is 2.03. The summed E-state index contributed by atoms with van der Waals surface area (Å²) in [7, 11) is 0. The highest BCUT2D eigenvalue weighted by atomic mass is 32.2. The van der Waals surface area contributed by atoms with Gasteiger partial charge in [-0.3, -0.25) is 4.90 Å². The first-order valence-electron chi connectivity index (χ1n) is 12.3. The summed E-state index contributed by atoms with van der Waals surface area (Å²) in [6, 6.07) is 26.5. The van der Waals surface area contributed by atoms with E-state index in [1.807, 2.05) is 48.7 Å². The molecule has 0 saturated carbocycles. The SMILES string of the molecule is CS/C(=N\C1(c2ccccc2)N(c2ccc(C)cc2)CC(c2ccc(C)cc2)=[N+]1[O-])N1CCOCC1. The zero-order chi connectivity index (χ0) is 25.1. The molecule has 0 radical (unpaired) electrons. The normalized spacial score (nSPS) is 20.8. The lowest BCUT2D eigenvalue weighted by atomic mass is 10.1. The molecule has 3 aromatic rings. The largest absolute Gasteiger partial charge is 0.620 e. The molecule has 1 atom stereocenters. The maximum absolute atomic E-state index is 14.6. The van der Waals surface area contributed by atoms with Gasteiger partial charge in [-0.15, -0.1) is 0 Å². The summed E-state index contributed by atoms with van der Waals surface area (Å²) in [5.74, 6) is -1.28.